The van der Waals surface area contributed by atoms with Gasteiger partial charge < -0.3 is 9.80 Å². The predicted octanol–water partition coefficient (Wildman–Crippen LogP) is 3.44. The lowest BCUT2D eigenvalue weighted by atomic mass is 10.0. The van der Waals surface area contributed by atoms with Crippen molar-refractivity contribution in [3.63, 3.8) is 0 Å². The first-order valence-electron chi connectivity index (χ1n) is 10.2. The van der Waals surface area contributed by atoms with Crippen molar-refractivity contribution in [3.05, 3.63) is 11.6 Å². The monoisotopic (exact) mass is 555 g/mol. The molecule has 1 aliphatic heterocycles. The second-order valence-electron chi connectivity index (χ2n) is 7.75. The molecule has 0 saturated carbocycles. The summed E-state index contributed by atoms with van der Waals surface area (Å²) in [5.41, 5.74) is 0.386. The predicted molar refractivity (Wildman–Crippen MR) is 127 cm³/mol. The van der Waals surface area contributed by atoms with Gasteiger partial charge in [-0.15, -0.1) is 15.7 Å². The molecule has 0 saturated heterocycles. The van der Waals surface area contributed by atoms with Gasteiger partial charge >= 0.3 is 0 Å². The van der Waals surface area contributed by atoms with E-state index in [4.69, 9.17) is 0 Å². The van der Waals surface area contributed by atoms with Crippen LogP contribution in [0.15, 0.2) is 18.9 Å². The average Bonchev–Trinajstić information content (AvgIpc) is 3.16. The van der Waals surface area contributed by atoms with Gasteiger partial charge in [-0.2, -0.15) is 8.42 Å². The Kier molecular flexibility index (Phi) is 9.12. The first kappa shape index (κ1) is 26.3. The summed E-state index contributed by atoms with van der Waals surface area (Å²) in [5, 5.41) is 0.183. The van der Waals surface area contributed by atoms with Gasteiger partial charge in [0.1, 0.15) is 14.8 Å². The second kappa shape index (κ2) is 10.8. The van der Waals surface area contributed by atoms with Gasteiger partial charge in [-0.25, -0.2) is 8.42 Å². The van der Waals surface area contributed by atoms with Crippen LogP contribution in [-0.2, 0) is 24.7 Å². The molecular formula is C19H30BrN3O5S3. The van der Waals surface area contributed by atoms with Crippen LogP contribution in [0.4, 0.5) is 0 Å². The summed E-state index contributed by atoms with van der Waals surface area (Å²) >= 11 is 4.10. The zero-order valence-corrected chi connectivity index (χ0v) is 22.3. The van der Waals surface area contributed by atoms with Gasteiger partial charge in [-0.1, -0.05) is 22.4 Å². The fraction of sp³-hybridized carbons (Fsp3) is 0.684. The van der Waals surface area contributed by atoms with Gasteiger partial charge in [0, 0.05) is 38.0 Å². The highest BCUT2D eigenvalue weighted by molar-refractivity contribution is 9.09. The van der Waals surface area contributed by atoms with Crippen LogP contribution in [0.5, 0.6) is 0 Å². The minimum atomic E-state index is -4.04. The van der Waals surface area contributed by atoms with Crippen LogP contribution in [0.25, 0.3) is 0 Å². The van der Waals surface area contributed by atoms with Crippen LogP contribution in [-0.4, -0.2) is 70.1 Å². The van der Waals surface area contributed by atoms with Crippen molar-refractivity contribution in [2.75, 3.05) is 26.0 Å². The first-order chi connectivity index (χ1) is 14.5. The van der Waals surface area contributed by atoms with Gasteiger partial charge in [0.05, 0.1) is 11.3 Å². The lowest BCUT2D eigenvalue weighted by Gasteiger charge is -2.36. The highest BCUT2D eigenvalue weighted by Gasteiger charge is 2.42. The van der Waals surface area contributed by atoms with E-state index in [0.717, 1.165) is 42.3 Å². The largest absolute Gasteiger partial charge is 0.368 e. The van der Waals surface area contributed by atoms with Crippen LogP contribution >= 0.6 is 27.3 Å². The Balaban J connectivity index is 2.45. The zero-order valence-electron chi connectivity index (χ0n) is 18.2. The number of carbonyl (C=O) groups is 1. The van der Waals surface area contributed by atoms with Crippen molar-refractivity contribution in [1.82, 2.24) is 9.80 Å². The van der Waals surface area contributed by atoms with E-state index < -0.39 is 31.2 Å². The van der Waals surface area contributed by atoms with E-state index in [9.17, 15) is 21.6 Å². The molecule has 176 valence electrons. The number of rotatable bonds is 10. The quantitative estimate of drug-likeness (QED) is 0.189. The highest BCUT2D eigenvalue weighted by atomic mass is 79.9. The maximum atomic E-state index is 12.9. The van der Waals surface area contributed by atoms with Crippen LogP contribution in [0, 0.1) is 0 Å². The Morgan fingerprint density at radius 3 is 2.58 bits per heavy atom. The molecule has 0 aliphatic carbocycles. The van der Waals surface area contributed by atoms with Crippen molar-refractivity contribution in [1.29, 1.82) is 0 Å². The molecule has 12 heteroatoms. The molecule has 2 unspecified atom stereocenters. The number of hydrogen-bond donors (Lipinski definition) is 0. The van der Waals surface area contributed by atoms with Crippen LogP contribution in [0.2, 0.25) is 0 Å². The Morgan fingerprint density at radius 2 is 2.00 bits per heavy atom. The van der Waals surface area contributed by atoms with Crippen LogP contribution in [0.1, 0.15) is 57.6 Å². The minimum absolute atomic E-state index is 0.0282. The van der Waals surface area contributed by atoms with Gasteiger partial charge in [0.2, 0.25) is 5.91 Å². The third-order valence-corrected chi connectivity index (χ3v) is 11.3. The second-order valence-corrected chi connectivity index (χ2v) is 14.0. The third kappa shape index (κ3) is 6.08. The number of amides is 1. The van der Waals surface area contributed by atoms with Gasteiger partial charge in [0.15, 0.2) is 9.84 Å². The summed E-state index contributed by atoms with van der Waals surface area (Å²) in [6.45, 7) is 3.89. The molecule has 2 rings (SSSR count). The highest BCUT2D eigenvalue weighted by Crippen LogP contribution is 2.45. The van der Waals surface area contributed by atoms with Gasteiger partial charge in [-0.05, 0) is 39.2 Å². The SMILES string of the molecule is CCN(C(=O)CCCCCBr)C1CC(C)S(=O)(=O)c2sc(S(=O)(=O)N=CN(C)C)cc21. The Hall–Kier alpha value is -0.980. The number of unbranched alkanes of at least 4 members (excludes halogenated alkanes) is 2. The molecule has 0 spiro atoms. The molecule has 31 heavy (non-hydrogen) atoms. The number of alkyl halides is 1. The summed E-state index contributed by atoms with van der Waals surface area (Å²) in [4.78, 5) is 16.1. The molecule has 0 radical (unpaired) electrons. The summed E-state index contributed by atoms with van der Waals surface area (Å²) in [6, 6.07) is 0.914. The standard InChI is InChI=1S/C19H30BrN3O5S3/c1-5-23(17(24)9-7-6-8-10-20)16-11-14(2)30(25,26)19-15(16)12-18(29-19)31(27,28)21-13-22(3)4/h12-14,16H,5-11H2,1-4H3. The molecule has 0 fully saturated rings. The summed E-state index contributed by atoms with van der Waals surface area (Å²) in [7, 11) is -4.42. The van der Waals surface area contributed by atoms with Gasteiger partial charge in [0.25, 0.3) is 10.0 Å². The number of hydrogen-bond acceptors (Lipinski definition) is 6. The van der Waals surface area contributed by atoms with E-state index in [0.29, 0.717) is 18.5 Å². The molecule has 2 heterocycles. The Labute approximate surface area is 197 Å². The number of thiophene rings is 1. The van der Waals surface area contributed by atoms with E-state index >= 15 is 0 Å². The van der Waals surface area contributed by atoms with E-state index in [1.165, 1.54) is 11.0 Å². The molecule has 1 amide bonds. The Morgan fingerprint density at radius 1 is 1.32 bits per heavy atom. The lowest BCUT2D eigenvalue weighted by Crippen LogP contribution is -2.40. The molecule has 1 aromatic rings. The molecule has 8 nitrogen and oxygen atoms in total. The van der Waals surface area contributed by atoms with Crippen molar-refractivity contribution in [2.45, 2.75) is 65.7 Å². The van der Waals surface area contributed by atoms with Crippen LogP contribution in [0.3, 0.4) is 0 Å². The van der Waals surface area contributed by atoms with E-state index in [1.807, 2.05) is 6.92 Å². The van der Waals surface area contributed by atoms with E-state index in [1.54, 1.807) is 25.9 Å². The number of halogens is 1. The van der Waals surface area contributed by atoms with Crippen molar-refractivity contribution in [2.24, 2.45) is 4.40 Å². The van der Waals surface area contributed by atoms with E-state index in [-0.39, 0.29) is 20.7 Å². The van der Waals surface area contributed by atoms with Gasteiger partial charge in [-0.3, -0.25) is 4.79 Å². The maximum Gasteiger partial charge on any atom is 0.293 e. The molecule has 0 bridgehead atoms. The third-order valence-electron chi connectivity index (χ3n) is 5.14. The van der Waals surface area contributed by atoms with Crippen molar-refractivity contribution < 1.29 is 21.6 Å². The van der Waals surface area contributed by atoms with E-state index in [2.05, 4.69) is 20.3 Å². The molecular weight excluding hydrogens is 526 g/mol. The normalized spacial score (nSPS) is 20.5. The van der Waals surface area contributed by atoms with Crippen LogP contribution < -0.4 is 0 Å². The summed E-state index contributed by atoms with van der Waals surface area (Å²) < 4.78 is 54.7. The van der Waals surface area contributed by atoms with Crippen molar-refractivity contribution in [3.8, 4) is 0 Å². The number of sulfonamides is 1. The number of sulfone groups is 1. The summed E-state index contributed by atoms with van der Waals surface area (Å²) in [6.07, 6.45) is 4.47. The fourth-order valence-electron chi connectivity index (χ4n) is 3.46. The average molecular weight is 557 g/mol. The smallest absolute Gasteiger partial charge is 0.293 e. The number of nitrogens with zero attached hydrogens (tertiary/aromatic N) is 3. The topological polar surface area (TPSA) is 104 Å². The van der Waals surface area contributed by atoms with Crippen molar-refractivity contribution >= 4 is 59.4 Å². The number of carbonyl (C=O) groups excluding carboxylic acids is 1. The zero-order chi connectivity index (χ0) is 23.4. The molecule has 0 N–H and O–H groups in total. The molecule has 1 aliphatic rings. The molecule has 1 aromatic heterocycles. The maximum absolute atomic E-state index is 12.9. The first-order valence-corrected chi connectivity index (χ1v) is 15.1. The lowest BCUT2D eigenvalue weighted by molar-refractivity contribution is -0.133. The fourth-order valence-corrected chi connectivity index (χ4v) is 8.74. The molecule has 0 aromatic carbocycles. The Bertz CT molecular complexity index is 1020. The molecule has 2 atom stereocenters. The minimum Gasteiger partial charge on any atom is -0.368 e. The summed E-state index contributed by atoms with van der Waals surface area (Å²) in [5.74, 6) is -0.0410. The number of fused-ring (bicyclic) bond motifs is 1.